The highest BCUT2D eigenvalue weighted by atomic mass is 32.2. The first-order valence-corrected chi connectivity index (χ1v) is 14.0. The third-order valence-corrected chi connectivity index (χ3v) is 7.80. The lowest BCUT2D eigenvalue weighted by molar-refractivity contribution is -0.117. The summed E-state index contributed by atoms with van der Waals surface area (Å²) in [6, 6.07) is 16.8. The zero-order valence-electron chi connectivity index (χ0n) is 21.1. The first kappa shape index (κ1) is 26.2. The fourth-order valence-corrected chi connectivity index (χ4v) is 5.82. The van der Waals surface area contributed by atoms with Gasteiger partial charge in [0.25, 0.3) is 5.91 Å². The molecule has 192 valence electrons. The van der Waals surface area contributed by atoms with Gasteiger partial charge in [-0.1, -0.05) is 32.0 Å². The van der Waals surface area contributed by atoms with E-state index in [-0.39, 0.29) is 17.1 Å². The molecule has 0 unspecified atom stereocenters. The molecule has 1 amide bonds. The highest BCUT2D eigenvalue weighted by Crippen LogP contribution is 2.31. The fourth-order valence-electron chi connectivity index (χ4n) is 4.15. The predicted octanol–water partition coefficient (Wildman–Crippen LogP) is 4.09. The van der Waals surface area contributed by atoms with E-state index in [1.54, 1.807) is 10.9 Å². The second-order valence-corrected chi connectivity index (χ2v) is 11.9. The number of carbonyl (C=O) groups excluding carboxylic acids is 1. The van der Waals surface area contributed by atoms with Crippen LogP contribution in [-0.2, 0) is 14.6 Å². The number of carbonyl (C=O) groups is 1. The number of para-hydroxylation sites is 1. The zero-order valence-corrected chi connectivity index (χ0v) is 22.0. The van der Waals surface area contributed by atoms with Crippen LogP contribution in [0.15, 0.2) is 60.3 Å². The van der Waals surface area contributed by atoms with Gasteiger partial charge in [0.05, 0.1) is 23.8 Å². The van der Waals surface area contributed by atoms with E-state index in [2.05, 4.69) is 19.2 Å². The van der Waals surface area contributed by atoms with E-state index in [1.807, 2.05) is 61.5 Å². The summed E-state index contributed by atoms with van der Waals surface area (Å²) in [5, 5.41) is 17.3. The van der Waals surface area contributed by atoms with Gasteiger partial charge in [0.15, 0.2) is 9.84 Å². The van der Waals surface area contributed by atoms with Gasteiger partial charge in [-0.15, -0.1) is 0 Å². The van der Waals surface area contributed by atoms with Crippen LogP contribution in [0.25, 0.3) is 23.0 Å². The number of nitriles is 1. The third-order valence-electron chi connectivity index (χ3n) is 6.03. The standard InChI is InChI=1S/C28H30N4O4S/c1-19(2)17-36-25-9-10-26(20(3)13-25)27-22(16-32(31-27)24-7-5-4-6-8-24)14-21(15-29)28(33)30-23-11-12-37(34,35)18-23/h4-10,13-14,16,19,23H,11-12,17-18H2,1-3H3,(H,30,33)/b21-14+/t23-/m1/s1. The van der Waals surface area contributed by atoms with Crippen LogP contribution in [0.1, 0.15) is 31.4 Å². The smallest absolute Gasteiger partial charge is 0.262 e. The maximum Gasteiger partial charge on any atom is 0.262 e. The first-order chi connectivity index (χ1) is 17.6. The van der Waals surface area contributed by atoms with Gasteiger partial charge in [-0.2, -0.15) is 10.4 Å². The molecule has 1 N–H and O–H groups in total. The second-order valence-electron chi connectivity index (χ2n) is 9.64. The Hall–Kier alpha value is -3.90. The highest BCUT2D eigenvalue weighted by Gasteiger charge is 2.29. The van der Waals surface area contributed by atoms with Crippen molar-refractivity contribution in [3.8, 4) is 28.8 Å². The van der Waals surface area contributed by atoms with Gasteiger partial charge >= 0.3 is 0 Å². The predicted molar refractivity (Wildman–Crippen MR) is 143 cm³/mol. The van der Waals surface area contributed by atoms with Crippen molar-refractivity contribution in [3.63, 3.8) is 0 Å². The van der Waals surface area contributed by atoms with Crippen LogP contribution in [0.4, 0.5) is 0 Å². The number of hydrogen-bond donors (Lipinski definition) is 1. The molecule has 8 nitrogen and oxygen atoms in total. The molecule has 1 aliphatic rings. The van der Waals surface area contributed by atoms with E-state index in [1.165, 1.54) is 6.08 Å². The molecule has 1 atom stereocenters. The van der Waals surface area contributed by atoms with Crippen LogP contribution in [0.2, 0.25) is 0 Å². The Morgan fingerprint density at radius 2 is 2.03 bits per heavy atom. The highest BCUT2D eigenvalue weighted by molar-refractivity contribution is 7.91. The number of rotatable bonds is 8. The third kappa shape index (κ3) is 6.46. The van der Waals surface area contributed by atoms with Crippen LogP contribution in [-0.4, -0.2) is 48.3 Å². The summed E-state index contributed by atoms with van der Waals surface area (Å²) in [6.45, 7) is 6.75. The maximum atomic E-state index is 12.9. The molecule has 0 bridgehead atoms. The molecule has 0 aliphatic carbocycles. The Morgan fingerprint density at radius 1 is 1.27 bits per heavy atom. The number of benzene rings is 2. The average Bonchev–Trinajstić information content (AvgIpc) is 3.44. The molecule has 2 heterocycles. The molecule has 9 heteroatoms. The number of ether oxygens (including phenoxy) is 1. The lowest BCUT2D eigenvalue weighted by Gasteiger charge is -2.12. The Balaban J connectivity index is 1.71. The molecule has 0 radical (unpaired) electrons. The van der Waals surface area contributed by atoms with E-state index in [9.17, 15) is 18.5 Å². The Morgan fingerprint density at radius 3 is 2.65 bits per heavy atom. The molecular formula is C28H30N4O4S. The zero-order chi connectivity index (χ0) is 26.6. The molecule has 4 rings (SSSR count). The minimum absolute atomic E-state index is 0.0354. The van der Waals surface area contributed by atoms with Crippen LogP contribution < -0.4 is 10.1 Å². The van der Waals surface area contributed by atoms with Crippen molar-refractivity contribution in [1.82, 2.24) is 15.1 Å². The first-order valence-electron chi connectivity index (χ1n) is 12.2. The second kappa shape index (κ2) is 11.0. The molecule has 0 spiro atoms. The molecule has 0 saturated carbocycles. The summed E-state index contributed by atoms with van der Waals surface area (Å²) in [4.78, 5) is 12.9. The molecule has 3 aromatic rings. The summed E-state index contributed by atoms with van der Waals surface area (Å²) in [5.41, 5.74) is 3.70. The topological polar surface area (TPSA) is 114 Å². The quantitative estimate of drug-likeness (QED) is 0.355. The summed E-state index contributed by atoms with van der Waals surface area (Å²) >= 11 is 0. The summed E-state index contributed by atoms with van der Waals surface area (Å²) < 4.78 is 31.1. The number of hydrogen-bond acceptors (Lipinski definition) is 6. The largest absolute Gasteiger partial charge is 0.493 e. The van der Waals surface area contributed by atoms with Gasteiger partial charge in [0, 0.05) is 23.4 Å². The van der Waals surface area contributed by atoms with Gasteiger partial charge in [-0.25, -0.2) is 13.1 Å². The van der Waals surface area contributed by atoms with Crippen molar-refractivity contribution in [2.75, 3.05) is 18.1 Å². The molecule has 1 aromatic heterocycles. The van der Waals surface area contributed by atoms with Crippen molar-refractivity contribution in [1.29, 1.82) is 5.26 Å². The molecule has 37 heavy (non-hydrogen) atoms. The van der Waals surface area contributed by atoms with Crippen molar-refractivity contribution >= 4 is 21.8 Å². The normalized spacial score (nSPS) is 16.9. The monoisotopic (exact) mass is 518 g/mol. The molecule has 1 saturated heterocycles. The van der Waals surface area contributed by atoms with Gasteiger partial charge in [-0.3, -0.25) is 4.79 Å². The summed E-state index contributed by atoms with van der Waals surface area (Å²) in [6.07, 6.45) is 3.62. The number of nitrogens with one attached hydrogen (secondary N) is 1. The molecule has 1 fully saturated rings. The van der Waals surface area contributed by atoms with Crippen LogP contribution in [0, 0.1) is 24.2 Å². The summed E-state index contributed by atoms with van der Waals surface area (Å²) in [7, 11) is -3.16. The summed E-state index contributed by atoms with van der Waals surface area (Å²) in [5.74, 6) is 0.487. The SMILES string of the molecule is Cc1cc(OCC(C)C)ccc1-c1nn(-c2ccccc2)cc1/C=C(\C#N)C(=O)N[C@@H]1CCS(=O)(=O)C1. The fraction of sp³-hybridized carbons (Fsp3) is 0.321. The van der Waals surface area contributed by atoms with Crippen molar-refractivity contribution in [2.45, 2.75) is 33.2 Å². The average molecular weight is 519 g/mol. The van der Waals surface area contributed by atoms with Crippen molar-refractivity contribution in [2.24, 2.45) is 5.92 Å². The minimum Gasteiger partial charge on any atom is -0.493 e. The Kier molecular flexibility index (Phi) is 7.79. The minimum atomic E-state index is -3.16. The number of nitrogens with zero attached hydrogens (tertiary/aromatic N) is 3. The number of aromatic nitrogens is 2. The Labute approximate surface area is 217 Å². The van der Waals surface area contributed by atoms with E-state index < -0.39 is 21.8 Å². The van der Waals surface area contributed by atoms with Gasteiger partial charge < -0.3 is 10.1 Å². The number of aryl methyl sites for hydroxylation is 1. The molecule has 2 aromatic carbocycles. The van der Waals surface area contributed by atoms with E-state index >= 15 is 0 Å². The Bertz CT molecular complexity index is 1470. The van der Waals surface area contributed by atoms with E-state index in [0.29, 0.717) is 30.2 Å². The van der Waals surface area contributed by atoms with Crippen LogP contribution in [0.5, 0.6) is 5.75 Å². The van der Waals surface area contributed by atoms with Crippen LogP contribution in [0.3, 0.4) is 0 Å². The van der Waals surface area contributed by atoms with Crippen LogP contribution >= 0.6 is 0 Å². The van der Waals surface area contributed by atoms with Gasteiger partial charge in [-0.05, 0) is 61.2 Å². The van der Waals surface area contributed by atoms with Crippen molar-refractivity contribution < 1.29 is 17.9 Å². The van der Waals surface area contributed by atoms with E-state index in [4.69, 9.17) is 9.84 Å². The van der Waals surface area contributed by atoms with Crippen molar-refractivity contribution in [3.05, 3.63) is 71.4 Å². The van der Waals surface area contributed by atoms with Gasteiger partial charge in [0.1, 0.15) is 23.1 Å². The molecule has 1 aliphatic heterocycles. The lowest BCUT2D eigenvalue weighted by atomic mass is 10.0. The molecular weight excluding hydrogens is 488 g/mol. The lowest BCUT2D eigenvalue weighted by Crippen LogP contribution is -2.36. The van der Waals surface area contributed by atoms with Gasteiger partial charge in [0.2, 0.25) is 0 Å². The number of amides is 1. The number of sulfone groups is 1. The van der Waals surface area contributed by atoms with E-state index in [0.717, 1.165) is 22.6 Å². The maximum absolute atomic E-state index is 12.9.